The van der Waals surface area contributed by atoms with E-state index in [0.717, 1.165) is 11.7 Å². The molecule has 0 amide bonds. The molecule has 0 spiro atoms. The molecule has 0 aromatic heterocycles. The van der Waals surface area contributed by atoms with Crippen LogP contribution < -0.4 is 5.48 Å². The van der Waals surface area contributed by atoms with E-state index in [1.54, 1.807) is 0 Å². The lowest BCUT2D eigenvalue weighted by atomic mass is 11.5. The Kier molecular flexibility index (Phi) is 3.38. The molecule has 0 heterocycles. The number of sulfone groups is 1. The number of nitrogens with two attached hydrogens (primary N) is 1. The molecule has 6 heteroatoms. The number of hydroxylamine groups is 1. The van der Waals surface area contributed by atoms with Crippen molar-refractivity contribution in [1.82, 2.24) is 0 Å². The lowest BCUT2D eigenvalue weighted by Gasteiger charge is -1.90. The summed E-state index contributed by atoms with van der Waals surface area (Å²) in [4.78, 5) is 0. The van der Waals surface area contributed by atoms with Gasteiger partial charge in [-0.2, -0.15) is 5.48 Å². The van der Waals surface area contributed by atoms with Crippen LogP contribution in [0.25, 0.3) is 0 Å². The van der Waals surface area contributed by atoms with E-state index in [-0.39, 0.29) is 5.88 Å². The number of quaternary nitrogens is 1. The molecule has 0 aromatic carbocycles. The number of rotatable bonds is 3. The number of thiol groups is 1. The summed E-state index contributed by atoms with van der Waals surface area (Å²) in [7, 11) is -2.92. The quantitative estimate of drug-likeness (QED) is 0.293. The van der Waals surface area contributed by atoms with Crippen LogP contribution in [-0.4, -0.2) is 20.6 Å². The van der Waals surface area contributed by atoms with Gasteiger partial charge in [-0.3, -0.25) is 0 Å². The first-order chi connectivity index (χ1) is 3.56. The summed E-state index contributed by atoms with van der Waals surface area (Å²) in [5.41, 5.74) is 1.11. The van der Waals surface area contributed by atoms with E-state index in [0.29, 0.717) is 0 Å². The van der Waals surface area contributed by atoms with Crippen LogP contribution >= 0.6 is 12.9 Å². The molecule has 0 unspecified atom stereocenters. The lowest BCUT2D eigenvalue weighted by molar-refractivity contribution is -0.842. The van der Waals surface area contributed by atoms with E-state index in [9.17, 15) is 8.42 Å². The van der Waals surface area contributed by atoms with Crippen LogP contribution in [0.4, 0.5) is 0 Å². The normalized spacial score (nSPS) is 11.8. The van der Waals surface area contributed by atoms with E-state index < -0.39 is 9.84 Å². The first-order valence-electron chi connectivity index (χ1n) is 1.86. The highest BCUT2D eigenvalue weighted by molar-refractivity contribution is 7.90. The highest BCUT2D eigenvalue weighted by Gasteiger charge is 2.01. The molecule has 4 nitrogen and oxygen atoms in total. The minimum Gasteiger partial charge on any atom is -0.223 e. The third kappa shape index (κ3) is 6.22. The zero-order valence-corrected chi connectivity index (χ0v) is 6.08. The van der Waals surface area contributed by atoms with Crippen LogP contribution in [0.3, 0.4) is 0 Å². The topological polar surface area (TPSA) is 60.0 Å². The Morgan fingerprint density at radius 3 is 2.38 bits per heavy atom. The fraction of sp³-hybridized carbons (Fsp3) is 1.00. The van der Waals surface area contributed by atoms with Gasteiger partial charge in [0, 0.05) is 19.2 Å². The first kappa shape index (κ1) is 8.22. The maximum absolute atomic E-state index is 10.2. The van der Waals surface area contributed by atoms with Gasteiger partial charge in [-0.05, 0) is 0 Å². The van der Waals surface area contributed by atoms with Gasteiger partial charge >= 0.3 is 0 Å². The van der Waals surface area contributed by atoms with Gasteiger partial charge in [0.2, 0.25) is 15.7 Å². The molecule has 0 radical (unpaired) electrons. The Morgan fingerprint density at radius 1 is 1.75 bits per heavy atom. The largest absolute Gasteiger partial charge is 0.223 e. The third-order valence-electron chi connectivity index (χ3n) is 0.445. The summed E-state index contributed by atoms with van der Waals surface area (Å²) in [6, 6.07) is 0. The standard InChI is InChI=1S/C2H7NO3S2/c1-8(4,5)2-3-6-7/h3,7H,2H2,1H3/p+1. The van der Waals surface area contributed by atoms with Crippen LogP contribution in [0.5, 0.6) is 0 Å². The second kappa shape index (κ2) is 3.29. The van der Waals surface area contributed by atoms with Crippen LogP contribution in [0.2, 0.25) is 0 Å². The smallest absolute Gasteiger partial charge is 0.207 e. The summed E-state index contributed by atoms with van der Waals surface area (Å²) in [6.07, 6.45) is 1.12. The second-order valence-electron chi connectivity index (χ2n) is 1.36. The molecule has 50 valence electrons. The second-order valence-corrected chi connectivity index (χ2v) is 3.76. The fourth-order valence-electron chi connectivity index (χ4n) is 0.154. The van der Waals surface area contributed by atoms with Gasteiger partial charge in [-0.1, -0.05) is 0 Å². The number of hydrogen-bond donors (Lipinski definition) is 2. The molecule has 0 aliphatic heterocycles. The van der Waals surface area contributed by atoms with Gasteiger partial charge < -0.3 is 0 Å². The molecule has 0 bridgehead atoms. The van der Waals surface area contributed by atoms with E-state index in [2.05, 4.69) is 17.2 Å². The van der Waals surface area contributed by atoms with E-state index in [4.69, 9.17) is 0 Å². The third-order valence-corrected chi connectivity index (χ3v) is 1.34. The van der Waals surface area contributed by atoms with Crippen molar-refractivity contribution in [3.63, 3.8) is 0 Å². The summed E-state index contributed by atoms with van der Waals surface area (Å²) < 4.78 is 24.6. The summed E-state index contributed by atoms with van der Waals surface area (Å²) in [6.45, 7) is 0. The van der Waals surface area contributed by atoms with Crippen molar-refractivity contribution >= 4 is 22.7 Å². The summed E-state index contributed by atoms with van der Waals surface area (Å²) >= 11 is 3.31. The molecule has 0 saturated carbocycles. The maximum Gasteiger partial charge on any atom is 0.207 e. The maximum atomic E-state index is 10.2. The van der Waals surface area contributed by atoms with Gasteiger partial charge in [0.15, 0.2) is 0 Å². The Morgan fingerprint density at radius 2 is 2.25 bits per heavy atom. The molecule has 0 atom stereocenters. The van der Waals surface area contributed by atoms with E-state index in [1.165, 1.54) is 0 Å². The average Bonchev–Trinajstić information content (AvgIpc) is 1.59. The first-order valence-corrected chi connectivity index (χ1v) is 4.28. The molecular formula is C2H8NO3S2+. The molecule has 0 saturated heterocycles. The lowest BCUT2D eigenvalue weighted by Crippen LogP contribution is -2.82. The van der Waals surface area contributed by atoms with Gasteiger partial charge in [0.05, 0.1) is 0 Å². The molecule has 0 rings (SSSR count). The van der Waals surface area contributed by atoms with Gasteiger partial charge in [0.25, 0.3) is 0 Å². The van der Waals surface area contributed by atoms with Crippen molar-refractivity contribution < 1.29 is 18.2 Å². The molecule has 2 N–H and O–H groups in total. The van der Waals surface area contributed by atoms with Gasteiger partial charge in [-0.15, -0.1) is 4.28 Å². The van der Waals surface area contributed by atoms with E-state index in [1.807, 2.05) is 0 Å². The predicted octanol–water partition coefficient (Wildman–Crippen LogP) is -1.67. The molecular weight excluding hydrogens is 150 g/mol. The minimum absolute atomic E-state index is 0.0868. The molecule has 0 fully saturated rings. The molecule has 8 heavy (non-hydrogen) atoms. The highest BCUT2D eigenvalue weighted by atomic mass is 32.2. The molecule has 0 aromatic rings. The van der Waals surface area contributed by atoms with Crippen LogP contribution in [-0.2, 0) is 14.1 Å². The molecule has 0 aliphatic carbocycles. The summed E-state index contributed by atoms with van der Waals surface area (Å²) in [5, 5.41) is 0. The van der Waals surface area contributed by atoms with Crippen molar-refractivity contribution in [3.8, 4) is 0 Å². The zero-order valence-electron chi connectivity index (χ0n) is 4.36. The number of hydrogen-bond acceptors (Lipinski definition) is 4. The Bertz CT molecular complexity index is 139. The van der Waals surface area contributed by atoms with Crippen molar-refractivity contribution in [2.24, 2.45) is 0 Å². The molecule has 0 aliphatic rings. The Hall–Kier alpha value is 0.220. The average molecular weight is 158 g/mol. The SMILES string of the molecule is CS(=O)(=O)C[NH2+]OS. The van der Waals surface area contributed by atoms with Crippen LogP contribution in [0.1, 0.15) is 0 Å². The van der Waals surface area contributed by atoms with Crippen molar-refractivity contribution in [3.05, 3.63) is 0 Å². The Balaban J connectivity index is 3.42. The van der Waals surface area contributed by atoms with E-state index >= 15 is 0 Å². The van der Waals surface area contributed by atoms with Gasteiger partial charge in [0.1, 0.15) is 0 Å². The highest BCUT2D eigenvalue weighted by Crippen LogP contribution is 1.70. The monoisotopic (exact) mass is 158 g/mol. The zero-order chi connectivity index (χ0) is 6.62. The van der Waals surface area contributed by atoms with Gasteiger partial charge in [-0.25, -0.2) is 8.42 Å². The van der Waals surface area contributed by atoms with Crippen molar-refractivity contribution in [2.75, 3.05) is 12.1 Å². The predicted molar refractivity (Wildman–Crippen MR) is 31.7 cm³/mol. The Labute approximate surface area is 53.7 Å². The summed E-state index contributed by atoms with van der Waals surface area (Å²) in [5.74, 6) is -0.0868. The minimum atomic E-state index is -2.92. The van der Waals surface area contributed by atoms with Crippen LogP contribution in [0.15, 0.2) is 0 Å². The van der Waals surface area contributed by atoms with Crippen LogP contribution in [0, 0.1) is 0 Å². The van der Waals surface area contributed by atoms with Crippen molar-refractivity contribution in [2.45, 2.75) is 0 Å². The van der Waals surface area contributed by atoms with Crippen molar-refractivity contribution in [1.29, 1.82) is 0 Å². The fourth-order valence-corrected chi connectivity index (χ4v) is 0.645.